The molecular formula is C19H23NO2. The van der Waals surface area contributed by atoms with E-state index in [1.54, 1.807) is 12.1 Å². The fourth-order valence-electron chi connectivity index (χ4n) is 2.27. The monoisotopic (exact) mass is 297 g/mol. The van der Waals surface area contributed by atoms with Gasteiger partial charge in [-0.2, -0.15) is 0 Å². The molecule has 0 atom stereocenters. The minimum Gasteiger partial charge on any atom is -0.491 e. The van der Waals surface area contributed by atoms with E-state index in [1.807, 2.05) is 50.2 Å². The third-order valence-corrected chi connectivity index (χ3v) is 3.32. The summed E-state index contributed by atoms with van der Waals surface area (Å²) in [5.41, 5.74) is 2.62. The zero-order valence-corrected chi connectivity index (χ0v) is 13.6. The maximum Gasteiger partial charge on any atom is 0.255 e. The lowest BCUT2D eigenvalue weighted by Gasteiger charge is -2.14. The molecular weight excluding hydrogens is 274 g/mol. The van der Waals surface area contributed by atoms with Gasteiger partial charge in [0, 0.05) is 11.3 Å². The van der Waals surface area contributed by atoms with Gasteiger partial charge in [-0.25, -0.2) is 0 Å². The van der Waals surface area contributed by atoms with Crippen molar-refractivity contribution in [1.29, 1.82) is 0 Å². The largest absolute Gasteiger partial charge is 0.491 e. The third-order valence-electron chi connectivity index (χ3n) is 3.32. The number of hydrogen-bond donors (Lipinski definition) is 1. The number of hydrogen-bond acceptors (Lipinski definition) is 2. The summed E-state index contributed by atoms with van der Waals surface area (Å²) in [5.74, 6) is 1.02. The highest BCUT2D eigenvalue weighted by Crippen LogP contribution is 2.24. The van der Waals surface area contributed by atoms with Crippen LogP contribution in [0.15, 0.2) is 48.5 Å². The lowest BCUT2D eigenvalue weighted by molar-refractivity contribution is 0.102. The maximum atomic E-state index is 12.4. The van der Waals surface area contributed by atoms with Gasteiger partial charge >= 0.3 is 0 Å². The highest BCUT2D eigenvalue weighted by Gasteiger charge is 2.11. The number of benzene rings is 2. The highest BCUT2D eigenvalue weighted by molar-refractivity contribution is 6.04. The Morgan fingerprint density at radius 3 is 2.18 bits per heavy atom. The van der Waals surface area contributed by atoms with Gasteiger partial charge in [-0.05, 0) is 55.7 Å². The van der Waals surface area contributed by atoms with E-state index in [0.29, 0.717) is 11.5 Å². The van der Waals surface area contributed by atoms with Crippen LogP contribution >= 0.6 is 0 Å². The van der Waals surface area contributed by atoms with Crippen LogP contribution in [0, 0.1) is 0 Å². The second kappa shape index (κ2) is 7.12. The van der Waals surface area contributed by atoms with Crippen molar-refractivity contribution in [1.82, 2.24) is 0 Å². The van der Waals surface area contributed by atoms with Gasteiger partial charge in [-0.15, -0.1) is 0 Å². The molecule has 0 unspecified atom stereocenters. The molecule has 0 spiro atoms. The minimum atomic E-state index is -0.107. The second-order valence-corrected chi connectivity index (χ2v) is 5.89. The van der Waals surface area contributed by atoms with Crippen molar-refractivity contribution in [2.45, 2.75) is 39.7 Å². The minimum absolute atomic E-state index is 0.107. The van der Waals surface area contributed by atoms with Gasteiger partial charge in [0.25, 0.3) is 5.91 Å². The van der Waals surface area contributed by atoms with Gasteiger partial charge in [-0.1, -0.05) is 32.0 Å². The predicted molar refractivity (Wildman–Crippen MR) is 90.7 cm³/mol. The van der Waals surface area contributed by atoms with E-state index in [4.69, 9.17) is 4.74 Å². The van der Waals surface area contributed by atoms with Crippen molar-refractivity contribution in [3.8, 4) is 5.75 Å². The quantitative estimate of drug-likeness (QED) is 0.856. The Bertz CT molecular complexity index is 630. The van der Waals surface area contributed by atoms with Crippen molar-refractivity contribution in [3.05, 3.63) is 59.7 Å². The highest BCUT2D eigenvalue weighted by atomic mass is 16.5. The SMILES string of the molecule is CC(C)Oc1ccc(C(=O)Nc2ccccc2C(C)C)cc1. The van der Waals surface area contributed by atoms with E-state index in [1.165, 1.54) is 0 Å². The lowest BCUT2D eigenvalue weighted by Crippen LogP contribution is -2.13. The number of amides is 1. The van der Waals surface area contributed by atoms with Crippen LogP contribution in [-0.4, -0.2) is 12.0 Å². The predicted octanol–water partition coefficient (Wildman–Crippen LogP) is 4.85. The number of para-hydroxylation sites is 1. The number of rotatable bonds is 5. The molecule has 0 bridgehead atoms. The van der Waals surface area contributed by atoms with E-state index < -0.39 is 0 Å². The van der Waals surface area contributed by atoms with E-state index in [-0.39, 0.29) is 12.0 Å². The summed E-state index contributed by atoms with van der Waals surface area (Å²) in [6.07, 6.45) is 0.123. The van der Waals surface area contributed by atoms with Gasteiger partial charge in [0.1, 0.15) is 5.75 Å². The summed E-state index contributed by atoms with van der Waals surface area (Å²) in [5, 5.41) is 2.99. The Balaban J connectivity index is 2.13. The molecule has 0 aromatic heterocycles. The van der Waals surface area contributed by atoms with Crippen LogP contribution in [0.25, 0.3) is 0 Å². The third kappa shape index (κ3) is 4.10. The van der Waals surface area contributed by atoms with Crippen LogP contribution < -0.4 is 10.1 Å². The molecule has 0 heterocycles. The summed E-state index contributed by atoms with van der Waals surface area (Å²) < 4.78 is 5.59. The molecule has 0 aliphatic carbocycles. The van der Waals surface area contributed by atoms with Crippen LogP contribution in [0.3, 0.4) is 0 Å². The average molecular weight is 297 g/mol. The molecule has 0 radical (unpaired) electrons. The molecule has 22 heavy (non-hydrogen) atoms. The molecule has 3 heteroatoms. The summed E-state index contributed by atoms with van der Waals surface area (Å²) in [6, 6.07) is 15.1. The number of carbonyl (C=O) groups is 1. The van der Waals surface area contributed by atoms with E-state index in [2.05, 4.69) is 19.2 Å². The molecule has 0 saturated heterocycles. The zero-order valence-electron chi connectivity index (χ0n) is 13.6. The first kappa shape index (κ1) is 16.1. The Morgan fingerprint density at radius 1 is 0.955 bits per heavy atom. The number of anilines is 1. The molecule has 0 aliphatic heterocycles. The smallest absolute Gasteiger partial charge is 0.255 e. The van der Waals surface area contributed by atoms with Gasteiger partial charge in [0.05, 0.1) is 6.10 Å². The Kier molecular flexibility index (Phi) is 5.21. The molecule has 3 nitrogen and oxygen atoms in total. The first-order valence-electron chi connectivity index (χ1n) is 7.64. The van der Waals surface area contributed by atoms with Crippen LogP contribution in [0.1, 0.15) is 49.5 Å². The van der Waals surface area contributed by atoms with Gasteiger partial charge in [0.2, 0.25) is 0 Å². The summed E-state index contributed by atoms with van der Waals surface area (Å²) in [6.45, 7) is 8.18. The topological polar surface area (TPSA) is 38.3 Å². The van der Waals surface area contributed by atoms with Crippen molar-refractivity contribution in [2.75, 3.05) is 5.32 Å². The van der Waals surface area contributed by atoms with Crippen LogP contribution in [0.2, 0.25) is 0 Å². The number of nitrogens with one attached hydrogen (secondary N) is 1. The standard InChI is InChI=1S/C19H23NO2/c1-13(2)17-7-5-6-8-18(17)20-19(21)15-9-11-16(12-10-15)22-14(3)4/h5-14H,1-4H3,(H,20,21). The van der Waals surface area contributed by atoms with E-state index in [9.17, 15) is 4.79 Å². The molecule has 2 aromatic carbocycles. The Morgan fingerprint density at radius 2 is 1.59 bits per heavy atom. The zero-order chi connectivity index (χ0) is 16.1. The normalized spacial score (nSPS) is 10.8. The molecule has 0 aliphatic rings. The summed E-state index contributed by atoms with van der Waals surface area (Å²) >= 11 is 0. The second-order valence-electron chi connectivity index (χ2n) is 5.89. The molecule has 2 aromatic rings. The summed E-state index contributed by atoms with van der Waals surface area (Å²) in [7, 11) is 0. The lowest BCUT2D eigenvalue weighted by atomic mass is 10.0. The average Bonchev–Trinajstić information content (AvgIpc) is 2.47. The molecule has 116 valence electrons. The first-order valence-corrected chi connectivity index (χ1v) is 7.64. The van der Waals surface area contributed by atoms with E-state index >= 15 is 0 Å². The van der Waals surface area contributed by atoms with Crippen molar-refractivity contribution in [3.63, 3.8) is 0 Å². The molecule has 1 N–H and O–H groups in total. The molecule has 0 saturated carbocycles. The molecule has 0 fully saturated rings. The van der Waals surface area contributed by atoms with E-state index in [0.717, 1.165) is 17.0 Å². The van der Waals surface area contributed by atoms with Crippen LogP contribution in [0.5, 0.6) is 5.75 Å². The van der Waals surface area contributed by atoms with Crippen molar-refractivity contribution in [2.24, 2.45) is 0 Å². The van der Waals surface area contributed by atoms with Crippen LogP contribution in [0.4, 0.5) is 5.69 Å². The Labute approximate surface area is 132 Å². The van der Waals surface area contributed by atoms with Crippen LogP contribution in [-0.2, 0) is 0 Å². The number of carbonyl (C=O) groups excluding carboxylic acids is 1. The molecule has 2 rings (SSSR count). The Hall–Kier alpha value is -2.29. The van der Waals surface area contributed by atoms with Gasteiger partial charge in [0.15, 0.2) is 0 Å². The number of ether oxygens (including phenoxy) is 1. The van der Waals surface area contributed by atoms with Crippen molar-refractivity contribution >= 4 is 11.6 Å². The summed E-state index contributed by atoms with van der Waals surface area (Å²) in [4.78, 5) is 12.4. The first-order chi connectivity index (χ1) is 10.5. The van der Waals surface area contributed by atoms with Gasteiger partial charge in [-0.3, -0.25) is 4.79 Å². The van der Waals surface area contributed by atoms with Gasteiger partial charge < -0.3 is 10.1 Å². The fourth-order valence-corrected chi connectivity index (χ4v) is 2.27. The van der Waals surface area contributed by atoms with Crippen molar-refractivity contribution < 1.29 is 9.53 Å². The molecule has 1 amide bonds. The fraction of sp³-hybridized carbons (Fsp3) is 0.316. The maximum absolute atomic E-state index is 12.4.